The van der Waals surface area contributed by atoms with Crippen molar-refractivity contribution in [1.29, 1.82) is 0 Å². The van der Waals surface area contributed by atoms with Gasteiger partial charge in [0.2, 0.25) is 11.5 Å². The Morgan fingerprint density at radius 3 is 1.11 bits per heavy atom. The van der Waals surface area contributed by atoms with Crippen molar-refractivity contribution in [3.63, 3.8) is 0 Å². The highest BCUT2D eigenvalue weighted by atomic mass is 16.5. The average molecular weight is 611 g/mol. The molecule has 0 spiro atoms. The number of nitrogens with one attached hydrogen (secondary N) is 4. The lowest BCUT2D eigenvalue weighted by atomic mass is 9.87. The molecule has 0 fully saturated rings. The van der Waals surface area contributed by atoms with Crippen molar-refractivity contribution in [1.82, 2.24) is 10.6 Å². The largest absolute Gasteiger partial charge is 0.493 e. The van der Waals surface area contributed by atoms with Gasteiger partial charge in [0, 0.05) is 24.3 Å². The molecule has 0 saturated carbocycles. The molecule has 0 bridgehead atoms. The molecular formula is C32H42N4O8. The third-order valence-electron chi connectivity index (χ3n) is 7.00. The van der Waals surface area contributed by atoms with Crippen LogP contribution in [0, 0.1) is 0 Å². The van der Waals surface area contributed by atoms with Crippen LogP contribution in [0.1, 0.15) is 38.8 Å². The van der Waals surface area contributed by atoms with E-state index in [1.54, 1.807) is 24.3 Å². The number of methoxy groups -OCH3 is 6. The lowest BCUT2D eigenvalue weighted by Crippen LogP contribution is -2.45. The van der Waals surface area contributed by atoms with Crippen LogP contribution < -0.4 is 49.7 Å². The molecule has 0 radical (unpaired) electrons. The van der Waals surface area contributed by atoms with Gasteiger partial charge in [0.1, 0.15) is 0 Å². The second kappa shape index (κ2) is 14.0. The zero-order valence-electron chi connectivity index (χ0n) is 26.9. The van der Waals surface area contributed by atoms with Gasteiger partial charge in [0.25, 0.3) is 0 Å². The first-order valence-corrected chi connectivity index (χ1v) is 13.7. The van der Waals surface area contributed by atoms with E-state index in [2.05, 4.69) is 21.3 Å². The Hall–Kier alpha value is -5.00. The van der Waals surface area contributed by atoms with Crippen molar-refractivity contribution in [2.45, 2.75) is 38.8 Å². The SMILES string of the molecule is COc1cc(NC(=O)NC(C)(C)c2cccc(C(C)(C)NC(=O)Nc3cc(OC)c(OC)c(OC)c3)c2)cc(OC)c1OC. The first kappa shape index (κ1) is 33.5. The van der Waals surface area contributed by atoms with Crippen LogP contribution in [0.2, 0.25) is 0 Å². The van der Waals surface area contributed by atoms with E-state index in [0.717, 1.165) is 11.1 Å². The first-order chi connectivity index (χ1) is 20.8. The Balaban J connectivity index is 1.75. The van der Waals surface area contributed by atoms with E-state index in [0.29, 0.717) is 45.9 Å². The van der Waals surface area contributed by atoms with Crippen LogP contribution in [-0.2, 0) is 11.1 Å². The van der Waals surface area contributed by atoms with Gasteiger partial charge in [-0.1, -0.05) is 24.3 Å². The highest BCUT2D eigenvalue weighted by Crippen LogP contribution is 2.41. The lowest BCUT2D eigenvalue weighted by molar-refractivity contribution is 0.241. The Kier molecular flexibility index (Phi) is 10.6. The molecule has 0 atom stereocenters. The number of hydrogen-bond donors (Lipinski definition) is 4. The van der Waals surface area contributed by atoms with Gasteiger partial charge >= 0.3 is 12.1 Å². The number of ether oxygens (including phenoxy) is 6. The molecule has 0 aliphatic carbocycles. The average Bonchev–Trinajstić information content (AvgIpc) is 2.99. The zero-order chi connectivity index (χ0) is 32.7. The van der Waals surface area contributed by atoms with Crippen LogP contribution in [0.25, 0.3) is 0 Å². The summed E-state index contributed by atoms with van der Waals surface area (Å²) < 4.78 is 32.2. The molecule has 3 rings (SSSR count). The molecular weight excluding hydrogens is 568 g/mol. The second-order valence-corrected chi connectivity index (χ2v) is 10.8. The fourth-order valence-corrected chi connectivity index (χ4v) is 4.64. The lowest BCUT2D eigenvalue weighted by Gasteiger charge is -2.31. The Morgan fingerprint density at radius 1 is 0.523 bits per heavy atom. The van der Waals surface area contributed by atoms with E-state index >= 15 is 0 Å². The molecule has 4 amide bonds. The molecule has 4 N–H and O–H groups in total. The number of anilines is 2. The van der Waals surface area contributed by atoms with Crippen LogP contribution in [-0.4, -0.2) is 54.7 Å². The van der Waals surface area contributed by atoms with Crippen LogP contribution in [0.5, 0.6) is 34.5 Å². The van der Waals surface area contributed by atoms with Gasteiger partial charge in [-0.15, -0.1) is 0 Å². The molecule has 12 heteroatoms. The van der Waals surface area contributed by atoms with Crippen molar-refractivity contribution >= 4 is 23.4 Å². The van der Waals surface area contributed by atoms with Crippen molar-refractivity contribution in [3.8, 4) is 34.5 Å². The van der Waals surface area contributed by atoms with E-state index in [1.807, 2.05) is 52.0 Å². The van der Waals surface area contributed by atoms with Crippen molar-refractivity contribution < 1.29 is 38.0 Å². The third-order valence-corrected chi connectivity index (χ3v) is 7.00. The fourth-order valence-electron chi connectivity index (χ4n) is 4.64. The van der Waals surface area contributed by atoms with E-state index in [1.165, 1.54) is 42.7 Å². The topological polar surface area (TPSA) is 138 Å². The van der Waals surface area contributed by atoms with E-state index < -0.39 is 23.1 Å². The van der Waals surface area contributed by atoms with Gasteiger partial charge in [-0.3, -0.25) is 0 Å². The number of benzene rings is 3. The van der Waals surface area contributed by atoms with Crippen molar-refractivity contribution in [3.05, 3.63) is 59.7 Å². The maximum atomic E-state index is 13.1. The van der Waals surface area contributed by atoms with Gasteiger partial charge < -0.3 is 49.7 Å². The van der Waals surface area contributed by atoms with E-state index in [4.69, 9.17) is 28.4 Å². The Bertz CT molecular complexity index is 1330. The monoisotopic (exact) mass is 610 g/mol. The number of rotatable bonds is 12. The molecule has 0 unspecified atom stereocenters. The summed E-state index contributed by atoms with van der Waals surface area (Å²) in [5, 5.41) is 11.7. The number of hydrogen-bond acceptors (Lipinski definition) is 8. The van der Waals surface area contributed by atoms with Gasteiger partial charge in [-0.2, -0.15) is 0 Å². The normalized spacial score (nSPS) is 11.1. The summed E-state index contributed by atoms with van der Waals surface area (Å²) in [6, 6.07) is 13.4. The Morgan fingerprint density at radius 2 is 0.841 bits per heavy atom. The summed E-state index contributed by atoms with van der Waals surface area (Å²) in [5.41, 5.74) is 1.02. The minimum atomic E-state index is -0.782. The van der Waals surface area contributed by atoms with Crippen LogP contribution in [0.15, 0.2) is 48.5 Å². The van der Waals surface area contributed by atoms with Gasteiger partial charge in [-0.25, -0.2) is 9.59 Å². The predicted molar refractivity (Wildman–Crippen MR) is 169 cm³/mol. The summed E-state index contributed by atoms with van der Waals surface area (Å²) in [6.07, 6.45) is 0. The van der Waals surface area contributed by atoms with E-state index in [9.17, 15) is 9.59 Å². The van der Waals surface area contributed by atoms with Crippen molar-refractivity contribution in [2.24, 2.45) is 0 Å². The minimum Gasteiger partial charge on any atom is -0.493 e. The molecule has 238 valence electrons. The fraction of sp³-hybridized carbons (Fsp3) is 0.375. The maximum absolute atomic E-state index is 13.1. The highest BCUT2D eigenvalue weighted by molar-refractivity contribution is 5.91. The summed E-state index contributed by atoms with van der Waals surface area (Å²) in [5.74, 6) is 2.51. The quantitative estimate of drug-likeness (QED) is 0.200. The number of carbonyl (C=O) groups is 2. The highest BCUT2D eigenvalue weighted by Gasteiger charge is 2.28. The van der Waals surface area contributed by atoms with Gasteiger partial charge in [0.15, 0.2) is 23.0 Å². The minimum absolute atomic E-state index is 0.415. The molecule has 0 saturated heterocycles. The maximum Gasteiger partial charge on any atom is 0.319 e. The van der Waals surface area contributed by atoms with Crippen LogP contribution in [0.3, 0.4) is 0 Å². The zero-order valence-corrected chi connectivity index (χ0v) is 26.9. The standard InChI is InChI=1S/C32H42N4O8/c1-31(2,35-29(37)33-21-15-23(39-5)27(43-9)24(16-21)40-6)19-12-11-13-20(14-19)32(3,4)36-30(38)34-22-17-25(41-7)28(44-10)26(18-22)42-8/h11-18H,1-10H3,(H2,33,35,37)(H2,34,36,38). The summed E-state index contributed by atoms with van der Waals surface area (Å²) >= 11 is 0. The van der Waals surface area contributed by atoms with Crippen LogP contribution >= 0.6 is 0 Å². The summed E-state index contributed by atoms with van der Waals surface area (Å²) in [6.45, 7) is 7.55. The Labute approximate surface area is 258 Å². The summed E-state index contributed by atoms with van der Waals surface area (Å²) in [4.78, 5) is 26.1. The van der Waals surface area contributed by atoms with Crippen LogP contribution in [0.4, 0.5) is 21.0 Å². The molecule has 0 aromatic heterocycles. The second-order valence-electron chi connectivity index (χ2n) is 10.8. The first-order valence-electron chi connectivity index (χ1n) is 13.7. The third kappa shape index (κ3) is 7.68. The number of carbonyl (C=O) groups excluding carboxylic acids is 2. The molecule has 44 heavy (non-hydrogen) atoms. The summed E-state index contributed by atoms with van der Waals surface area (Å²) in [7, 11) is 9.04. The predicted octanol–water partition coefficient (Wildman–Crippen LogP) is 5.85. The van der Waals surface area contributed by atoms with Gasteiger partial charge in [-0.05, 0) is 38.8 Å². The van der Waals surface area contributed by atoms with Crippen molar-refractivity contribution in [2.75, 3.05) is 53.3 Å². The molecule has 12 nitrogen and oxygen atoms in total. The molecule has 0 heterocycles. The molecule has 0 aliphatic rings. The molecule has 3 aromatic carbocycles. The molecule has 0 aliphatic heterocycles. The smallest absolute Gasteiger partial charge is 0.319 e. The number of amides is 4. The van der Waals surface area contributed by atoms with Gasteiger partial charge in [0.05, 0.1) is 65.1 Å². The number of urea groups is 2. The van der Waals surface area contributed by atoms with E-state index in [-0.39, 0.29) is 0 Å². The molecule has 3 aromatic rings.